The number of nitro groups is 1. The zero-order valence-electron chi connectivity index (χ0n) is 14.3. The fourth-order valence-corrected chi connectivity index (χ4v) is 3.40. The summed E-state index contributed by atoms with van der Waals surface area (Å²) in [6, 6.07) is 11.7. The topological polar surface area (TPSA) is 75.5 Å². The molecule has 1 N–H and O–H groups in total. The van der Waals surface area contributed by atoms with Crippen LogP contribution in [0.3, 0.4) is 0 Å². The Hall–Kier alpha value is -2.60. The highest BCUT2D eigenvalue weighted by atomic mass is 35.5. The normalized spacial score (nSPS) is 14.1. The Morgan fingerprint density at radius 2 is 1.88 bits per heavy atom. The van der Waals surface area contributed by atoms with Crippen molar-refractivity contribution >= 4 is 34.6 Å². The van der Waals surface area contributed by atoms with Crippen molar-refractivity contribution in [3.8, 4) is 0 Å². The molecule has 1 amide bonds. The van der Waals surface area contributed by atoms with Gasteiger partial charge in [0.15, 0.2) is 0 Å². The standard InChI is InChI=1S/C19H20ClN3O3/c20-15-8-9-18(22-10-4-1-5-11-22)16(13-15)21-19(24)12-14-6-2-3-7-17(14)23(25)26/h2-3,6-9,13H,1,4-5,10-12H2,(H,21,24). The number of nitro benzene ring substituents is 1. The van der Waals surface area contributed by atoms with E-state index in [1.807, 2.05) is 12.1 Å². The van der Waals surface area contributed by atoms with E-state index in [0.29, 0.717) is 16.3 Å². The number of nitrogens with one attached hydrogen (secondary N) is 1. The van der Waals surface area contributed by atoms with Crippen molar-refractivity contribution in [3.63, 3.8) is 0 Å². The second-order valence-corrected chi connectivity index (χ2v) is 6.76. The van der Waals surface area contributed by atoms with Gasteiger partial charge >= 0.3 is 0 Å². The van der Waals surface area contributed by atoms with Crippen LogP contribution in [0.15, 0.2) is 42.5 Å². The molecule has 0 bridgehead atoms. The molecule has 0 unspecified atom stereocenters. The van der Waals surface area contributed by atoms with Gasteiger partial charge in [-0.1, -0.05) is 29.8 Å². The van der Waals surface area contributed by atoms with Gasteiger partial charge in [0.25, 0.3) is 5.69 Å². The number of carbonyl (C=O) groups is 1. The van der Waals surface area contributed by atoms with Crippen molar-refractivity contribution in [1.29, 1.82) is 0 Å². The summed E-state index contributed by atoms with van der Waals surface area (Å²) in [5.74, 6) is -0.306. The monoisotopic (exact) mass is 373 g/mol. The van der Waals surface area contributed by atoms with Crippen LogP contribution in [0.2, 0.25) is 5.02 Å². The van der Waals surface area contributed by atoms with Gasteiger partial charge in [-0.25, -0.2) is 0 Å². The van der Waals surface area contributed by atoms with Crippen molar-refractivity contribution in [3.05, 3.63) is 63.2 Å². The first-order valence-electron chi connectivity index (χ1n) is 8.61. The Balaban J connectivity index is 1.79. The number of carbonyl (C=O) groups excluding carboxylic acids is 1. The maximum Gasteiger partial charge on any atom is 0.273 e. The Labute approximate surface area is 156 Å². The van der Waals surface area contributed by atoms with Gasteiger partial charge in [-0.05, 0) is 37.5 Å². The van der Waals surface area contributed by atoms with Crippen molar-refractivity contribution in [2.24, 2.45) is 0 Å². The van der Waals surface area contributed by atoms with E-state index in [1.165, 1.54) is 12.5 Å². The first-order chi connectivity index (χ1) is 12.5. The van der Waals surface area contributed by atoms with Gasteiger partial charge in [0.1, 0.15) is 0 Å². The number of hydrogen-bond donors (Lipinski definition) is 1. The number of rotatable bonds is 5. The van der Waals surface area contributed by atoms with Gasteiger partial charge < -0.3 is 10.2 Å². The van der Waals surface area contributed by atoms with E-state index >= 15 is 0 Å². The fourth-order valence-electron chi connectivity index (χ4n) is 3.22. The summed E-state index contributed by atoms with van der Waals surface area (Å²) in [7, 11) is 0. The molecule has 0 aromatic heterocycles. The highest BCUT2D eigenvalue weighted by molar-refractivity contribution is 6.31. The van der Waals surface area contributed by atoms with Crippen LogP contribution in [0.4, 0.5) is 17.1 Å². The van der Waals surface area contributed by atoms with Crippen molar-refractivity contribution in [2.45, 2.75) is 25.7 Å². The molecule has 1 fully saturated rings. The molecule has 0 saturated carbocycles. The van der Waals surface area contributed by atoms with Gasteiger partial charge in [-0.3, -0.25) is 14.9 Å². The molecule has 3 rings (SSSR count). The lowest BCUT2D eigenvalue weighted by Gasteiger charge is -2.30. The summed E-state index contributed by atoms with van der Waals surface area (Å²) in [5.41, 5.74) is 1.91. The number of piperidine rings is 1. The third kappa shape index (κ3) is 4.32. The number of nitrogens with zero attached hydrogens (tertiary/aromatic N) is 2. The number of halogens is 1. The number of amides is 1. The van der Waals surface area contributed by atoms with Gasteiger partial charge in [-0.2, -0.15) is 0 Å². The quantitative estimate of drug-likeness (QED) is 0.621. The summed E-state index contributed by atoms with van der Waals surface area (Å²) in [6.07, 6.45) is 3.38. The van der Waals surface area contributed by atoms with Crippen LogP contribution in [0.5, 0.6) is 0 Å². The lowest BCUT2D eigenvalue weighted by molar-refractivity contribution is -0.385. The molecule has 0 aliphatic carbocycles. The molecule has 1 aliphatic rings. The fraction of sp³-hybridized carbons (Fsp3) is 0.316. The molecule has 0 radical (unpaired) electrons. The van der Waals surface area contributed by atoms with E-state index in [-0.39, 0.29) is 18.0 Å². The Morgan fingerprint density at radius 3 is 2.62 bits per heavy atom. The molecule has 136 valence electrons. The van der Waals surface area contributed by atoms with Crippen LogP contribution in [0.25, 0.3) is 0 Å². The second-order valence-electron chi connectivity index (χ2n) is 6.32. The molecule has 6 nitrogen and oxygen atoms in total. The van der Waals surface area contributed by atoms with E-state index < -0.39 is 4.92 Å². The minimum atomic E-state index is -0.471. The first-order valence-corrected chi connectivity index (χ1v) is 8.99. The molecule has 2 aromatic carbocycles. The van der Waals surface area contributed by atoms with E-state index in [1.54, 1.807) is 24.3 Å². The van der Waals surface area contributed by atoms with E-state index in [2.05, 4.69) is 10.2 Å². The minimum absolute atomic E-state index is 0.0509. The van der Waals surface area contributed by atoms with Crippen molar-refractivity contribution in [1.82, 2.24) is 0 Å². The van der Waals surface area contributed by atoms with Crippen LogP contribution in [-0.4, -0.2) is 23.9 Å². The zero-order valence-corrected chi connectivity index (χ0v) is 15.0. The van der Waals surface area contributed by atoms with Crippen LogP contribution >= 0.6 is 11.6 Å². The van der Waals surface area contributed by atoms with Gasteiger partial charge in [0.05, 0.1) is 22.7 Å². The number of para-hydroxylation sites is 1. The van der Waals surface area contributed by atoms with Gasteiger partial charge in [0, 0.05) is 29.7 Å². The molecule has 0 spiro atoms. The average molecular weight is 374 g/mol. The zero-order chi connectivity index (χ0) is 18.5. The predicted octanol–water partition coefficient (Wildman–Crippen LogP) is 4.42. The minimum Gasteiger partial charge on any atom is -0.370 e. The van der Waals surface area contributed by atoms with E-state index in [0.717, 1.165) is 31.6 Å². The van der Waals surface area contributed by atoms with Crippen LogP contribution < -0.4 is 10.2 Å². The Morgan fingerprint density at radius 1 is 1.15 bits per heavy atom. The van der Waals surface area contributed by atoms with E-state index in [9.17, 15) is 14.9 Å². The third-order valence-corrected chi connectivity index (χ3v) is 4.70. The Kier molecular flexibility index (Phi) is 5.73. The molecular weight excluding hydrogens is 354 g/mol. The summed E-state index contributed by atoms with van der Waals surface area (Å²) in [5, 5.41) is 14.5. The summed E-state index contributed by atoms with van der Waals surface area (Å²) in [6.45, 7) is 1.88. The van der Waals surface area contributed by atoms with Crippen LogP contribution in [0.1, 0.15) is 24.8 Å². The molecule has 0 atom stereocenters. The summed E-state index contributed by atoms with van der Waals surface area (Å²) < 4.78 is 0. The molecule has 7 heteroatoms. The van der Waals surface area contributed by atoms with Crippen molar-refractivity contribution in [2.75, 3.05) is 23.3 Å². The van der Waals surface area contributed by atoms with Gasteiger partial charge in [-0.15, -0.1) is 0 Å². The lowest BCUT2D eigenvalue weighted by atomic mass is 10.1. The molecule has 1 saturated heterocycles. The number of anilines is 2. The lowest BCUT2D eigenvalue weighted by Crippen LogP contribution is -2.30. The maximum atomic E-state index is 12.5. The highest BCUT2D eigenvalue weighted by Crippen LogP contribution is 2.31. The molecular formula is C19H20ClN3O3. The predicted molar refractivity (Wildman–Crippen MR) is 103 cm³/mol. The number of benzene rings is 2. The largest absolute Gasteiger partial charge is 0.370 e. The van der Waals surface area contributed by atoms with E-state index in [4.69, 9.17) is 11.6 Å². The summed E-state index contributed by atoms with van der Waals surface area (Å²) in [4.78, 5) is 25.4. The second kappa shape index (κ2) is 8.19. The van der Waals surface area contributed by atoms with Crippen LogP contribution in [0, 0.1) is 10.1 Å². The Bertz CT molecular complexity index is 819. The number of hydrogen-bond acceptors (Lipinski definition) is 4. The van der Waals surface area contributed by atoms with Crippen molar-refractivity contribution < 1.29 is 9.72 Å². The summed E-state index contributed by atoms with van der Waals surface area (Å²) >= 11 is 6.11. The smallest absolute Gasteiger partial charge is 0.273 e. The van der Waals surface area contributed by atoms with Gasteiger partial charge in [0.2, 0.25) is 5.91 Å². The highest BCUT2D eigenvalue weighted by Gasteiger charge is 2.19. The molecule has 2 aromatic rings. The molecule has 1 heterocycles. The molecule has 1 aliphatic heterocycles. The molecule has 26 heavy (non-hydrogen) atoms. The SMILES string of the molecule is O=C(Cc1ccccc1[N+](=O)[O-])Nc1cc(Cl)ccc1N1CCCCC1. The third-order valence-electron chi connectivity index (χ3n) is 4.47. The van der Waals surface area contributed by atoms with Crippen LogP contribution in [-0.2, 0) is 11.2 Å². The first kappa shape index (κ1) is 18.2. The maximum absolute atomic E-state index is 12.5. The average Bonchev–Trinajstić information content (AvgIpc) is 2.63.